The molecule has 0 aliphatic rings. The molecule has 2 rings (SSSR count). The van der Waals surface area contributed by atoms with Crippen LogP contribution in [-0.4, -0.2) is 8.42 Å². The Balaban J connectivity index is 1.78. The zero-order valence-electron chi connectivity index (χ0n) is 18.1. The first-order valence-electron chi connectivity index (χ1n) is 11.2. The van der Waals surface area contributed by atoms with Gasteiger partial charge in [0.2, 0.25) is 0 Å². The van der Waals surface area contributed by atoms with E-state index in [4.69, 9.17) is 0 Å². The SMILES string of the molecule is CCCCCCCCCCCCc1ccccc1NS(=O)(=O)c1ccc(C)cc1. The van der Waals surface area contributed by atoms with Crippen LogP contribution < -0.4 is 4.72 Å². The second-order valence-electron chi connectivity index (χ2n) is 8.01. The van der Waals surface area contributed by atoms with E-state index in [1.165, 1.54) is 57.8 Å². The Hall–Kier alpha value is -1.81. The van der Waals surface area contributed by atoms with Crippen LogP contribution in [-0.2, 0) is 16.4 Å². The van der Waals surface area contributed by atoms with E-state index in [0.29, 0.717) is 10.6 Å². The maximum absolute atomic E-state index is 12.7. The summed E-state index contributed by atoms with van der Waals surface area (Å²) in [5, 5.41) is 0. The summed E-state index contributed by atoms with van der Waals surface area (Å²) in [5.41, 5.74) is 2.82. The quantitative estimate of drug-likeness (QED) is 0.330. The van der Waals surface area contributed by atoms with Gasteiger partial charge in [0.25, 0.3) is 10.0 Å². The highest BCUT2D eigenvalue weighted by Crippen LogP contribution is 2.22. The van der Waals surface area contributed by atoms with Crippen LogP contribution in [0.4, 0.5) is 5.69 Å². The molecular formula is C25H37NO2S. The monoisotopic (exact) mass is 415 g/mol. The summed E-state index contributed by atoms with van der Waals surface area (Å²) in [6.45, 7) is 4.21. The number of nitrogens with one attached hydrogen (secondary N) is 1. The van der Waals surface area contributed by atoms with Crippen LogP contribution in [0.5, 0.6) is 0 Å². The molecule has 0 heterocycles. The molecule has 0 fully saturated rings. The van der Waals surface area contributed by atoms with Gasteiger partial charge in [-0.15, -0.1) is 0 Å². The van der Waals surface area contributed by atoms with Gasteiger partial charge in [-0.05, 0) is 43.5 Å². The highest BCUT2D eigenvalue weighted by molar-refractivity contribution is 7.92. The molecule has 0 aromatic heterocycles. The number of benzene rings is 2. The van der Waals surface area contributed by atoms with Gasteiger partial charge in [0, 0.05) is 0 Å². The van der Waals surface area contributed by atoms with Crippen molar-refractivity contribution in [1.29, 1.82) is 0 Å². The van der Waals surface area contributed by atoms with Crippen LogP contribution in [0.2, 0.25) is 0 Å². The smallest absolute Gasteiger partial charge is 0.261 e. The Labute approximate surface area is 178 Å². The molecule has 0 aliphatic heterocycles. The fourth-order valence-corrected chi connectivity index (χ4v) is 4.66. The molecule has 0 aliphatic carbocycles. The minimum absolute atomic E-state index is 0.303. The van der Waals surface area contributed by atoms with Crippen molar-refractivity contribution in [3.63, 3.8) is 0 Å². The molecule has 0 bridgehead atoms. The number of rotatable bonds is 14. The highest BCUT2D eigenvalue weighted by atomic mass is 32.2. The van der Waals surface area contributed by atoms with Crippen molar-refractivity contribution in [2.45, 2.75) is 89.4 Å². The molecule has 29 heavy (non-hydrogen) atoms. The van der Waals surface area contributed by atoms with Gasteiger partial charge in [-0.3, -0.25) is 4.72 Å². The van der Waals surface area contributed by atoms with E-state index in [1.807, 2.05) is 43.3 Å². The van der Waals surface area contributed by atoms with Gasteiger partial charge in [0.05, 0.1) is 10.6 Å². The molecule has 3 nitrogen and oxygen atoms in total. The average Bonchev–Trinajstić information content (AvgIpc) is 2.70. The Morgan fingerprint density at radius 3 is 1.90 bits per heavy atom. The summed E-state index contributed by atoms with van der Waals surface area (Å²) in [4.78, 5) is 0.303. The molecule has 1 N–H and O–H groups in total. The Morgan fingerprint density at radius 2 is 1.28 bits per heavy atom. The highest BCUT2D eigenvalue weighted by Gasteiger charge is 2.15. The topological polar surface area (TPSA) is 46.2 Å². The summed E-state index contributed by atoms with van der Waals surface area (Å²) in [6, 6.07) is 14.7. The number of para-hydroxylation sites is 1. The summed E-state index contributed by atoms with van der Waals surface area (Å²) >= 11 is 0. The molecule has 2 aromatic carbocycles. The van der Waals surface area contributed by atoms with E-state index in [2.05, 4.69) is 11.6 Å². The second kappa shape index (κ2) is 12.7. The Morgan fingerprint density at radius 1 is 0.724 bits per heavy atom. The maximum atomic E-state index is 12.7. The van der Waals surface area contributed by atoms with Crippen LogP contribution in [0.1, 0.15) is 82.3 Å². The third-order valence-electron chi connectivity index (χ3n) is 5.39. The number of hydrogen-bond donors (Lipinski definition) is 1. The van der Waals surface area contributed by atoms with Gasteiger partial charge in [0.1, 0.15) is 0 Å². The molecule has 0 saturated carbocycles. The molecule has 2 aromatic rings. The molecule has 0 atom stereocenters. The predicted molar refractivity (Wildman–Crippen MR) is 124 cm³/mol. The minimum atomic E-state index is -3.55. The van der Waals surface area contributed by atoms with E-state index < -0.39 is 10.0 Å². The molecule has 160 valence electrons. The third kappa shape index (κ3) is 8.61. The van der Waals surface area contributed by atoms with E-state index in [9.17, 15) is 8.42 Å². The fourth-order valence-electron chi connectivity index (χ4n) is 3.56. The summed E-state index contributed by atoms with van der Waals surface area (Å²) in [6.07, 6.45) is 13.9. The van der Waals surface area contributed by atoms with Gasteiger partial charge in [-0.1, -0.05) is 101 Å². The van der Waals surface area contributed by atoms with Crippen molar-refractivity contribution in [1.82, 2.24) is 0 Å². The fraction of sp³-hybridized carbons (Fsp3) is 0.520. The minimum Gasteiger partial charge on any atom is -0.279 e. The summed E-state index contributed by atoms with van der Waals surface area (Å²) in [7, 11) is -3.55. The predicted octanol–water partition coefficient (Wildman–Crippen LogP) is 7.26. The van der Waals surface area contributed by atoms with Gasteiger partial charge in [-0.25, -0.2) is 8.42 Å². The lowest BCUT2D eigenvalue weighted by molar-refractivity contribution is 0.556. The maximum Gasteiger partial charge on any atom is 0.261 e. The molecule has 0 radical (unpaired) electrons. The molecule has 0 spiro atoms. The summed E-state index contributed by atoms with van der Waals surface area (Å²) in [5.74, 6) is 0. The van der Waals surface area contributed by atoms with Crippen molar-refractivity contribution >= 4 is 15.7 Å². The lowest BCUT2D eigenvalue weighted by atomic mass is 10.0. The first-order chi connectivity index (χ1) is 14.0. The third-order valence-corrected chi connectivity index (χ3v) is 6.77. The van der Waals surface area contributed by atoms with Crippen molar-refractivity contribution in [2.75, 3.05) is 4.72 Å². The zero-order valence-corrected chi connectivity index (χ0v) is 18.9. The zero-order chi connectivity index (χ0) is 21.0. The van der Waals surface area contributed by atoms with E-state index in [0.717, 1.165) is 24.0 Å². The van der Waals surface area contributed by atoms with Gasteiger partial charge in [0.15, 0.2) is 0 Å². The lowest BCUT2D eigenvalue weighted by Crippen LogP contribution is -2.14. The van der Waals surface area contributed by atoms with E-state index in [1.54, 1.807) is 12.1 Å². The van der Waals surface area contributed by atoms with Gasteiger partial charge in [-0.2, -0.15) is 0 Å². The van der Waals surface area contributed by atoms with Crippen LogP contribution in [0.3, 0.4) is 0 Å². The molecule has 4 heteroatoms. The molecular weight excluding hydrogens is 378 g/mol. The van der Waals surface area contributed by atoms with Crippen LogP contribution >= 0.6 is 0 Å². The van der Waals surface area contributed by atoms with Crippen molar-refractivity contribution < 1.29 is 8.42 Å². The first kappa shape index (κ1) is 23.5. The molecule has 0 saturated heterocycles. The number of hydrogen-bond acceptors (Lipinski definition) is 2. The molecule has 0 unspecified atom stereocenters. The van der Waals surface area contributed by atoms with Crippen molar-refractivity contribution in [3.05, 3.63) is 59.7 Å². The average molecular weight is 416 g/mol. The van der Waals surface area contributed by atoms with Crippen LogP contribution in [0.15, 0.2) is 53.4 Å². The van der Waals surface area contributed by atoms with Gasteiger partial charge >= 0.3 is 0 Å². The standard InChI is InChI=1S/C25H37NO2S/c1-3-4-5-6-7-8-9-10-11-12-15-23-16-13-14-17-25(23)26-29(27,28)24-20-18-22(2)19-21-24/h13-14,16-21,26H,3-12,15H2,1-2H3. The normalized spacial score (nSPS) is 11.5. The molecule has 0 amide bonds. The van der Waals surface area contributed by atoms with Crippen molar-refractivity contribution in [3.8, 4) is 0 Å². The number of aryl methyl sites for hydroxylation is 2. The van der Waals surface area contributed by atoms with E-state index >= 15 is 0 Å². The van der Waals surface area contributed by atoms with E-state index in [-0.39, 0.29) is 0 Å². The van der Waals surface area contributed by atoms with Crippen LogP contribution in [0.25, 0.3) is 0 Å². The Bertz CT molecular complexity index is 813. The number of anilines is 1. The second-order valence-corrected chi connectivity index (χ2v) is 9.69. The Kier molecular flexibility index (Phi) is 10.3. The number of unbranched alkanes of at least 4 members (excludes halogenated alkanes) is 9. The largest absolute Gasteiger partial charge is 0.279 e. The number of sulfonamides is 1. The summed E-state index contributed by atoms with van der Waals surface area (Å²) < 4.78 is 28.2. The first-order valence-corrected chi connectivity index (χ1v) is 12.7. The van der Waals surface area contributed by atoms with Gasteiger partial charge < -0.3 is 0 Å². The van der Waals surface area contributed by atoms with Crippen LogP contribution in [0, 0.1) is 6.92 Å². The lowest BCUT2D eigenvalue weighted by Gasteiger charge is -2.13. The van der Waals surface area contributed by atoms with Crippen molar-refractivity contribution in [2.24, 2.45) is 0 Å².